The van der Waals surface area contributed by atoms with E-state index in [2.05, 4.69) is 10.3 Å². The maximum Gasteiger partial charge on any atom is 0.126 e. The molecule has 5 heteroatoms. The lowest BCUT2D eigenvalue weighted by Gasteiger charge is -2.22. The molecule has 0 aliphatic rings. The normalized spacial score (nSPS) is 14.4. The van der Waals surface area contributed by atoms with Crippen LogP contribution in [0.3, 0.4) is 0 Å². The third-order valence-electron chi connectivity index (χ3n) is 2.74. The minimum absolute atomic E-state index is 0.246. The summed E-state index contributed by atoms with van der Waals surface area (Å²) < 4.78 is 15.1. The van der Waals surface area contributed by atoms with Gasteiger partial charge in [0.2, 0.25) is 0 Å². The van der Waals surface area contributed by atoms with Gasteiger partial charge in [0, 0.05) is 26.1 Å². The highest BCUT2D eigenvalue weighted by molar-refractivity contribution is 5.19. The quantitative estimate of drug-likeness (QED) is 0.893. The predicted molar refractivity (Wildman–Crippen MR) is 65.4 cm³/mol. The molecule has 0 saturated carbocycles. The third kappa shape index (κ3) is 3.13. The SMILES string of the molecule is Cn1cc(CC(C)(O)Cc2ccccc2F)nn1. The molecule has 0 amide bonds. The molecule has 18 heavy (non-hydrogen) atoms. The fourth-order valence-electron chi connectivity index (χ4n) is 1.98. The lowest BCUT2D eigenvalue weighted by molar-refractivity contribution is 0.0589. The van der Waals surface area contributed by atoms with Crippen molar-refractivity contribution in [3.63, 3.8) is 0 Å². The minimum Gasteiger partial charge on any atom is -0.389 e. The van der Waals surface area contributed by atoms with Gasteiger partial charge in [-0.3, -0.25) is 4.68 Å². The molecule has 0 spiro atoms. The lowest BCUT2D eigenvalue weighted by Crippen LogP contribution is -2.30. The molecule has 1 aromatic carbocycles. The van der Waals surface area contributed by atoms with E-state index < -0.39 is 5.60 Å². The van der Waals surface area contributed by atoms with E-state index in [4.69, 9.17) is 0 Å². The number of rotatable bonds is 4. The Morgan fingerprint density at radius 1 is 1.33 bits per heavy atom. The van der Waals surface area contributed by atoms with Crippen molar-refractivity contribution in [2.24, 2.45) is 7.05 Å². The summed E-state index contributed by atoms with van der Waals surface area (Å²) in [5, 5.41) is 18.0. The molecule has 4 nitrogen and oxygen atoms in total. The number of aliphatic hydroxyl groups is 1. The first-order chi connectivity index (χ1) is 8.46. The zero-order valence-corrected chi connectivity index (χ0v) is 10.5. The maximum atomic E-state index is 13.5. The zero-order chi connectivity index (χ0) is 13.2. The topological polar surface area (TPSA) is 50.9 Å². The molecular weight excluding hydrogens is 233 g/mol. The van der Waals surface area contributed by atoms with Crippen LogP contribution in [-0.4, -0.2) is 25.7 Å². The fourth-order valence-corrected chi connectivity index (χ4v) is 1.98. The number of halogens is 1. The molecule has 0 aliphatic carbocycles. The van der Waals surface area contributed by atoms with Crippen LogP contribution in [0, 0.1) is 5.82 Å². The maximum absolute atomic E-state index is 13.5. The molecule has 1 heterocycles. The third-order valence-corrected chi connectivity index (χ3v) is 2.74. The minimum atomic E-state index is -1.04. The lowest BCUT2D eigenvalue weighted by atomic mass is 9.92. The fraction of sp³-hybridized carbons (Fsp3) is 0.385. The van der Waals surface area contributed by atoms with Gasteiger partial charge in [-0.1, -0.05) is 23.4 Å². The van der Waals surface area contributed by atoms with E-state index in [0.29, 0.717) is 17.7 Å². The first kappa shape index (κ1) is 12.7. The summed E-state index contributed by atoms with van der Waals surface area (Å²) in [6, 6.07) is 6.47. The molecule has 0 saturated heterocycles. The first-order valence-electron chi connectivity index (χ1n) is 5.77. The molecular formula is C13H16FN3O. The van der Waals surface area contributed by atoms with Crippen LogP contribution in [0.1, 0.15) is 18.2 Å². The van der Waals surface area contributed by atoms with Crippen molar-refractivity contribution in [2.75, 3.05) is 0 Å². The molecule has 0 bridgehead atoms. The second kappa shape index (κ2) is 4.86. The van der Waals surface area contributed by atoms with Crippen molar-refractivity contribution in [1.82, 2.24) is 15.0 Å². The van der Waals surface area contributed by atoms with E-state index in [1.807, 2.05) is 0 Å². The molecule has 0 fully saturated rings. The van der Waals surface area contributed by atoms with Crippen LogP contribution in [0.2, 0.25) is 0 Å². The van der Waals surface area contributed by atoms with Gasteiger partial charge < -0.3 is 5.11 Å². The highest BCUT2D eigenvalue weighted by atomic mass is 19.1. The molecule has 96 valence electrons. The van der Waals surface area contributed by atoms with Gasteiger partial charge in [0.25, 0.3) is 0 Å². The van der Waals surface area contributed by atoms with Crippen molar-refractivity contribution in [3.05, 3.63) is 47.5 Å². The smallest absolute Gasteiger partial charge is 0.126 e. The van der Waals surface area contributed by atoms with Crippen molar-refractivity contribution < 1.29 is 9.50 Å². The standard InChI is InChI=1S/C13H16FN3O/c1-13(18,8-11-9-17(2)16-15-11)7-10-5-3-4-6-12(10)14/h3-6,9,18H,7-8H2,1-2H3. The van der Waals surface area contributed by atoms with Crippen LogP contribution in [0.4, 0.5) is 4.39 Å². The largest absolute Gasteiger partial charge is 0.389 e. The molecule has 1 atom stereocenters. The first-order valence-corrected chi connectivity index (χ1v) is 5.77. The Kier molecular flexibility index (Phi) is 3.43. The molecule has 1 aromatic heterocycles. The average Bonchev–Trinajstić information content (AvgIpc) is 2.66. The van der Waals surface area contributed by atoms with Crippen LogP contribution in [-0.2, 0) is 19.9 Å². The van der Waals surface area contributed by atoms with Gasteiger partial charge in [0.15, 0.2) is 0 Å². The highest BCUT2D eigenvalue weighted by Gasteiger charge is 2.24. The predicted octanol–water partition coefficient (Wildman–Crippen LogP) is 1.49. The molecule has 1 unspecified atom stereocenters. The van der Waals surface area contributed by atoms with E-state index in [1.54, 1.807) is 43.0 Å². The number of benzene rings is 1. The monoisotopic (exact) mass is 249 g/mol. The Hall–Kier alpha value is -1.75. The highest BCUT2D eigenvalue weighted by Crippen LogP contribution is 2.19. The van der Waals surface area contributed by atoms with Gasteiger partial charge in [0.05, 0.1) is 11.3 Å². The van der Waals surface area contributed by atoms with Gasteiger partial charge in [-0.25, -0.2) is 4.39 Å². The van der Waals surface area contributed by atoms with Crippen molar-refractivity contribution >= 4 is 0 Å². The molecule has 0 radical (unpaired) electrons. The van der Waals surface area contributed by atoms with Crippen molar-refractivity contribution in [3.8, 4) is 0 Å². The summed E-state index contributed by atoms with van der Waals surface area (Å²) >= 11 is 0. The molecule has 2 aromatic rings. The number of hydrogen-bond donors (Lipinski definition) is 1. The molecule has 2 rings (SSSR count). The van der Waals surface area contributed by atoms with E-state index >= 15 is 0 Å². The summed E-state index contributed by atoms with van der Waals surface area (Å²) in [7, 11) is 1.77. The van der Waals surface area contributed by atoms with Gasteiger partial charge in [-0.15, -0.1) is 5.10 Å². The number of nitrogens with zero attached hydrogens (tertiary/aromatic N) is 3. The van der Waals surface area contributed by atoms with E-state index in [9.17, 15) is 9.50 Å². The Morgan fingerprint density at radius 3 is 2.67 bits per heavy atom. The van der Waals surface area contributed by atoms with Crippen LogP contribution in [0.15, 0.2) is 30.5 Å². The number of hydrogen-bond acceptors (Lipinski definition) is 3. The van der Waals surface area contributed by atoms with Crippen molar-refractivity contribution in [1.29, 1.82) is 0 Å². The second-order valence-electron chi connectivity index (χ2n) is 4.83. The Labute approximate surface area is 105 Å². The van der Waals surface area contributed by atoms with Gasteiger partial charge in [0.1, 0.15) is 5.82 Å². The van der Waals surface area contributed by atoms with Gasteiger partial charge in [-0.2, -0.15) is 0 Å². The van der Waals surface area contributed by atoms with E-state index in [0.717, 1.165) is 0 Å². The Balaban J connectivity index is 2.10. The molecule has 1 N–H and O–H groups in total. The van der Waals surface area contributed by atoms with Crippen LogP contribution >= 0.6 is 0 Å². The van der Waals surface area contributed by atoms with Crippen LogP contribution in [0.5, 0.6) is 0 Å². The Morgan fingerprint density at radius 2 is 2.06 bits per heavy atom. The van der Waals surface area contributed by atoms with Crippen LogP contribution < -0.4 is 0 Å². The summed E-state index contributed by atoms with van der Waals surface area (Å²) in [5.74, 6) is -0.295. The summed E-state index contributed by atoms with van der Waals surface area (Å²) in [6.07, 6.45) is 2.33. The van der Waals surface area contributed by atoms with Crippen LogP contribution in [0.25, 0.3) is 0 Å². The summed E-state index contributed by atoms with van der Waals surface area (Å²) in [5.41, 5.74) is 0.156. The van der Waals surface area contributed by atoms with Crippen molar-refractivity contribution in [2.45, 2.75) is 25.4 Å². The van der Waals surface area contributed by atoms with E-state index in [1.165, 1.54) is 6.07 Å². The Bertz CT molecular complexity index is 537. The number of aromatic nitrogens is 3. The zero-order valence-electron chi connectivity index (χ0n) is 10.5. The molecule has 0 aliphatic heterocycles. The number of aryl methyl sites for hydroxylation is 1. The van der Waals surface area contributed by atoms with E-state index in [-0.39, 0.29) is 12.2 Å². The van der Waals surface area contributed by atoms with Gasteiger partial charge >= 0.3 is 0 Å². The summed E-state index contributed by atoms with van der Waals surface area (Å²) in [6.45, 7) is 1.67. The summed E-state index contributed by atoms with van der Waals surface area (Å²) in [4.78, 5) is 0. The van der Waals surface area contributed by atoms with Gasteiger partial charge in [-0.05, 0) is 18.6 Å². The average molecular weight is 249 g/mol. The second-order valence-corrected chi connectivity index (χ2v) is 4.83.